The summed E-state index contributed by atoms with van der Waals surface area (Å²) in [5.74, 6) is -0.211. The van der Waals surface area contributed by atoms with Crippen molar-refractivity contribution >= 4 is 19.9 Å². The molecule has 0 aliphatic heterocycles. The monoisotopic (exact) mass is 295 g/mol. The maximum Gasteiger partial charge on any atom is 0.244 e. The summed E-state index contributed by atoms with van der Waals surface area (Å²) in [6.45, 7) is 0.132. The van der Waals surface area contributed by atoms with E-state index < -0.39 is 19.9 Å². The molecular weight excluding hydrogens is 278 g/mol. The fourth-order valence-electron chi connectivity index (χ4n) is 1.28. The first-order valence-electron chi connectivity index (χ1n) is 5.18. The smallest absolute Gasteiger partial charge is 0.244 e. The molecule has 0 unspecified atom stereocenters. The SMILES string of the molecule is CN(CCS(C)(=O)=O)S(=O)(=O)c1c[nH]c(CN)c1. The van der Waals surface area contributed by atoms with Crippen molar-refractivity contribution in [1.29, 1.82) is 0 Å². The average Bonchev–Trinajstić information content (AvgIpc) is 2.73. The van der Waals surface area contributed by atoms with Gasteiger partial charge in [-0.25, -0.2) is 16.8 Å². The number of aromatic nitrogens is 1. The van der Waals surface area contributed by atoms with Gasteiger partial charge in [-0.05, 0) is 6.07 Å². The van der Waals surface area contributed by atoms with Crippen LogP contribution in [0, 0.1) is 0 Å². The molecule has 0 fully saturated rings. The molecule has 1 rings (SSSR count). The number of nitrogens with one attached hydrogen (secondary N) is 1. The molecule has 1 aromatic rings. The van der Waals surface area contributed by atoms with Gasteiger partial charge in [-0.1, -0.05) is 0 Å². The van der Waals surface area contributed by atoms with Crippen LogP contribution >= 0.6 is 0 Å². The first-order valence-corrected chi connectivity index (χ1v) is 8.68. The Kier molecular flexibility index (Phi) is 4.54. The highest BCUT2D eigenvalue weighted by Crippen LogP contribution is 2.15. The van der Waals surface area contributed by atoms with E-state index in [9.17, 15) is 16.8 Å². The summed E-state index contributed by atoms with van der Waals surface area (Å²) in [5, 5.41) is 0. The number of nitrogens with two attached hydrogens (primary N) is 1. The average molecular weight is 295 g/mol. The van der Waals surface area contributed by atoms with E-state index in [1.165, 1.54) is 19.3 Å². The van der Waals surface area contributed by atoms with Gasteiger partial charge < -0.3 is 10.7 Å². The molecule has 0 radical (unpaired) electrons. The van der Waals surface area contributed by atoms with Crippen molar-refractivity contribution in [1.82, 2.24) is 9.29 Å². The minimum Gasteiger partial charge on any atom is -0.363 e. The molecule has 1 aromatic heterocycles. The number of hydrogen-bond donors (Lipinski definition) is 2. The van der Waals surface area contributed by atoms with Crippen molar-refractivity contribution in [3.05, 3.63) is 18.0 Å². The molecule has 18 heavy (non-hydrogen) atoms. The number of hydrogen-bond acceptors (Lipinski definition) is 5. The second kappa shape index (κ2) is 5.39. The summed E-state index contributed by atoms with van der Waals surface area (Å²) in [6.07, 6.45) is 2.41. The fraction of sp³-hybridized carbons (Fsp3) is 0.556. The lowest BCUT2D eigenvalue weighted by Gasteiger charge is -2.15. The van der Waals surface area contributed by atoms with E-state index >= 15 is 0 Å². The lowest BCUT2D eigenvalue weighted by molar-refractivity contribution is 0.485. The highest BCUT2D eigenvalue weighted by molar-refractivity contribution is 7.91. The first kappa shape index (κ1) is 15.2. The van der Waals surface area contributed by atoms with Crippen molar-refractivity contribution in [3.8, 4) is 0 Å². The van der Waals surface area contributed by atoms with Crippen LogP contribution in [-0.4, -0.2) is 51.7 Å². The summed E-state index contributed by atoms with van der Waals surface area (Å²) in [4.78, 5) is 2.82. The van der Waals surface area contributed by atoms with Crippen molar-refractivity contribution in [2.45, 2.75) is 11.4 Å². The summed E-state index contributed by atoms with van der Waals surface area (Å²) in [6, 6.07) is 1.44. The van der Waals surface area contributed by atoms with Gasteiger partial charge in [0.25, 0.3) is 0 Å². The van der Waals surface area contributed by atoms with Crippen molar-refractivity contribution in [2.75, 3.05) is 25.6 Å². The van der Waals surface area contributed by atoms with Crippen LogP contribution in [0.1, 0.15) is 5.69 Å². The van der Waals surface area contributed by atoms with Crippen LogP contribution in [0.2, 0.25) is 0 Å². The summed E-state index contributed by atoms with van der Waals surface area (Å²) in [5.41, 5.74) is 5.98. The molecule has 0 amide bonds. The Morgan fingerprint density at radius 2 is 1.94 bits per heavy atom. The van der Waals surface area contributed by atoms with Crippen molar-refractivity contribution in [3.63, 3.8) is 0 Å². The Morgan fingerprint density at radius 1 is 1.33 bits per heavy atom. The van der Waals surface area contributed by atoms with Gasteiger partial charge in [-0.3, -0.25) is 0 Å². The number of sulfonamides is 1. The summed E-state index contributed by atoms with van der Waals surface area (Å²) >= 11 is 0. The van der Waals surface area contributed by atoms with Crippen LogP contribution in [0.3, 0.4) is 0 Å². The third kappa shape index (κ3) is 3.80. The molecule has 0 saturated heterocycles. The number of rotatable bonds is 6. The fourth-order valence-corrected chi connectivity index (χ4v) is 3.19. The van der Waals surface area contributed by atoms with E-state index in [2.05, 4.69) is 4.98 Å². The van der Waals surface area contributed by atoms with Crippen LogP contribution in [-0.2, 0) is 26.4 Å². The van der Waals surface area contributed by atoms with Gasteiger partial charge in [0.05, 0.1) is 10.6 Å². The standard InChI is InChI=1S/C9H17N3O4S2/c1-12(3-4-17(2,13)14)18(15,16)9-5-8(6-10)11-7-9/h5,7,11H,3-4,6,10H2,1-2H3. The lowest BCUT2D eigenvalue weighted by Crippen LogP contribution is -2.31. The predicted octanol–water partition coefficient (Wildman–Crippen LogP) is -0.861. The molecule has 0 aliphatic rings. The number of sulfone groups is 1. The molecule has 0 saturated carbocycles. The maximum atomic E-state index is 12.0. The molecule has 0 bridgehead atoms. The Labute approximate surface area is 107 Å². The van der Waals surface area contributed by atoms with Crippen LogP contribution in [0.25, 0.3) is 0 Å². The summed E-state index contributed by atoms with van der Waals surface area (Å²) < 4.78 is 47.1. The zero-order valence-electron chi connectivity index (χ0n) is 10.3. The Balaban J connectivity index is 2.86. The van der Waals surface area contributed by atoms with Gasteiger partial charge in [0.2, 0.25) is 10.0 Å². The van der Waals surface area contributed by atoms with Crippen molar-refractivity contribution < 1.29 is 16.8 Å². The number of nitrogens with zero attached hydrogens (tertiary/aromatic N) is 1. The summed E-state index contributed by atoms with van der Waals surface area (Å²) in [7, 11) is -5.52. The maximum absolute atomic E-state index is 12.0. The quantitative estimate of drug-likeness (QED) is 0.709. The first-order chi connectivity index (χ1) is 8.16. The van der Waals surface area contributed by atoms with Gasteiger partial charge >= 0.3 is 0 Å². The van der Waals surface area contributed by atoms with E-state index in [1.54, 1.807) is 0 Å². The van der Waals surface area contributed by atoms with Crippen LogP contribution in [0.5, 0.6) is 0 Å². The highest BCUT2D eigenvalue weighted by Gasteiger charge is 2.22. The molecule has 1 heterocycles. The van der Waals surface area contributed by atoms with Crippen LogP contribution in [0.15, 0.2) is 17.2 Å². The van der Waals surface area contributed by atoms with Gasteiger partial charge in [0.1, 0.15) is 9.84 Å². The number of aromatic amines is 1. The van der Waals surface area contributed by atoms with Gasteiger partial charge in [0.15, 0.2) is 0 Å². The van der Waals surface area contributed by atoms with E-state index in [0.717, 1.165) is 10.6 Å². The lowest BCUT2D eigenvalue weighted by atomic mass is 10.4. The minimum absolute atomic E-state index is 0.0791. The Morgan fingerprint density at radius 3 is 2.39 bits per heavy atom. The molecular formula is C9H17N3O4S2. The topological polar surface area (TPSA) is 113 Å². The zero-order valence-corrected chi connectivity index (χ0v) is 11.9. The van der Waals surface area contributed by atoms with Gasteiger partial charge in [-0.15, -0.1) is 0 Å². The molecule has 0 aliphatic carbocycles. The van der Waals surface area contributed by atoms with Gasteiger partial charge in [-0.2, -0.15) is 4.31 Å². The highest BCUT2D eigenvalue weighted by atomic mass is 32.2. The third-order valence-electron chi connectivity index (χ3n) is 2.42. The van der Waals surface area contributed by atoms with Crippen molar-refractivity contribution in [2.24, 2.45) is 5.73 Å². The van der Waals surface area contributed by atoms with Crippen LogP contribution < -0.4 is 5.73 Å². The van der Waals surface area contributed by atoms with Gasteiger partial charge in [0, 0.05) is 38.3 Å². The van der Waals surface area contributed by atoms with E-state index in [1.807, 2.05) is 0 Å². The van der Waals surface area contributed by atoms with E-state index in [0.29, 0.717) is 5.69 Å². The zero-order chi connectivity index (χ0) is 14.0. The normalized spacial score (nSPS) is 13.1. The molecule has 9 heteroatoms. The molecule has 3 N–H and O–H groups in total. The second-order valence-corrected chi connectivity index (χ2v) is 8.33. The Hall–Kier alpha value is -0.900. The largest absolute Gasteiger partial charge is 0.363 e. The minimum atomic E-state index is -3.67. The predicted molar refractivity (Wildman–Crippen MR) is 68.2 cm³/mol. The molecule has 7 nitrogen and oxygen atoms in total. The molecule has 104 valence electrons. The molecule has 0 atom stereocenters. The Bertz CT molecular complexity index is 604. The second-order valence-electron chi connectivity index (χ2n) is 4.02. The van der Waals surface area contributed by atoms with E-state index in [-0.39, 0.29) is 23.7 Å². The molecule has 0 aromatic carbocycles. The van der Waals surface area contributed by atoms with E-state index in [4.69, 9.17) is 5.73 Å². The number of H-pyrrole nitrogens is 1. The third-order valence-corrected chi connectivity index (χ3v) is 5.18. The molecule has 0 spiro atoms. The van der Waals surface area contributed by atoms with Crippen LogP contribution in [0.4, 0.5) is 0 Å².